The van der Waals surface area contributed by atoms with Crippen LogP contribution in [0.25, 0.3) is 0 Å². The number of carbonyl (C=O) groups is 3. The Morgan fingerprint density at radius 2 is 1.56 bits per heavy atom. The maximum Gasteiger partial charge on any atom is 0.253 e. The van der Waals surface area contributed by atoms with Gasteiger partial charge in [-0.1, -0.05) is 64.1 Å². The Bertz CT molecular complexity index is 968. The molecule has 36 heavy (non-hydrogen) atoms. The van der Waals surface area contributed by atoms with Gasteiger partial charge >= 0.3 is 0 Å². The summed E-state index contributed by atoms with van der Waals surface area (Å²) in [5.41, 5.74) is 2.00. The van der Waals surface area contributed by atoms with Crippen LogP contribution in [-0.2, 0) is 11.2 Å². The molecule has 2 atom stereocenters. The predicted octanol–water partition coefficient (Wildman–Crippen LogP) is 4.90. The van der Waals surface area contributed by atoms with Crippen molar-refractivity contribution in [3.8, 4) is 0 Å². The first-order valence-corrected chi connectivity index (χ1v) is 13.1. The fraction of sp³-hybridized carbons (Fsp3) is 0.467. The fourth-order valence-corrected chi connectivity index (χ4v) is 4.09. The molecule has 6 heteroatoms. The third-order valence-corrected chi connectivity index (χ3v) is 5.93. The summed E-state index contributed by atoms with van der Waals surface area (Å²) >= 11 is 0. The van der Waals surface area contributed by atoms with Crippen LogP contribution in [0.5, 0.6) is 0 Å². The van der Waals surface area contributed by atoms with Gasteiger partial charge in [-0.3, -0.25) is 14.4 Å². The van der Waals surface area contributed by atoms with Crippen molar-refractivity contribution in [2.75, 3.05) is 19.6 Å². The van der Waals surface area contributed by atoms with Gasteiger partial charge in [-0.05, 0) is 62.3 Å². The molecule has 0 aromatic heterocycles. The van der Waals surface area contributed by atoms with Crippen LogP contribution in [0.2, 0.25) is 0 Å². The SMILES string of the molecule is [CH2]C(C[C@H](Cc1ccccc1)NC(=O)c1cccc(C(=O)N(CCC)CCC)c1)C(=O)NCC(C)C. The maximum absolute atomic E-state index is 13.3. The first-order valence-electron chi connectivity index (χ1n) is 13.1. The summed E-state index contributed by atoms with van der Waals surface area (Å²) in [6.45, 7) is 14.2. The van der Waals surface area contributed by atoms with E-state index >= 15 is 0 Å². The molecule has 0 heterocycles. The second-order valence-corrected chi connectivity index (χ2v) is 9.80. The van der Waals surface area contributed by atoms with E-state index < -0.39 is 5.92 Å². The molecule has 0 spiro atoms. The zero-order valence-corrected chi connectivity index (χ0v) is 22.3. The third kappa shape index (κ3) is 9.48. The van der Waals surface area contributed by atoms with E-state index in [0.29, 0.717) is 49.5 Å². The van der Waals surface area contributed by atoms with Crippen molar-refractivity contribution in [3.63, 3.8) is 0 Å². The summed E-state index contributed by atoms with van der Waals surface area (Å²) in [6, 6.07) is 16.5. The zero-order valence-electron chi connectivity index (χ0n) is 22.3. The molecular weight excluding hydrogens is 450 g/mol. The van der Waals surface area contributed by atoms with Crippen molar-refractivity contribution in [1.29, 1.82) is 0 Å². The summed E-state index contributed by atoms with van der Waals surface area (Å²) < 4.78 is 0. The van der Waals surface area contributed by atoms with Crippen LogP contribution in [0.3, 0.4) is 0 Å². The molecule has 0 bridgehead atoms. The van der Waals surface area contributed by atoms with Crippen molar-refractivity contribution < 1.29 is 14.4 Å². The Kier molecular flexibility index (Phi) is 12.2. The van der Waals surface area contributed by atoms with Crippen molar-refractivity contribution in [2.45, 2.75) is 59.4 Å². The number of benzene rings is 2. The minimum atomic E-state index is -0.498. The second kappa shape index (κ2) is 15.1. The van der Waals surface area contributed by atoms with Gasteiger partial charge in [-0.15, -0.1) is 0 Å². The van der Waals surface area contributed by atoms with Gasteiger partial charge in [0.1, 0.15) is 0 Å². The molecule has 0 fully saturated rings. The average Bonchev–Trinajstić information content (AvgIpc) is 2.87. The molecule has 0 aliphatic carbocycles. The molecule has 2 N–H and O–H groups in total. The molecule has 1 radical (unpaired) electrons. The van der Waals surface area contributed by atoms with E-state index in [0.717, 1.165) is 18.4 Å². The smallest absolute Gasteiger partial charge is 0.253 e. The van der Waals surface area contributed by atoms with Gasteiger partial charge in [-0.25, -0.2) is 0 Å². The number of nitrogens with zero attached hydrogens (tertiary/aromatic N) is 1. The van der Waals surface area contributed by atoms with Crippen LogP contribution in [0.1, 0.15) is 73.2 Å². The molecule has 0 aliphatic heterocycles. The molecular formula is C30H42N3O3. The summed E-state index contributed by atoms with van der Waals surface area (Å²) in [5, 5.41) is 6.03. The van der Waals surface area contributed by atoms with Crippen LogP contribution in [0, 0.1) is 18.8 Å². The van der Waals surface area contributed by atoms with Crippen LogP contribution in [-0.4, -0.2) is 48.3 Å². The summed E-state index contributed by atoms with van der Waals surface area (Å²) in [4.78, 5) is 40.7. The molecule has 0 aliphatic rings. The predicted molar refractivity (Wildman–Crippen MR) is 146 cm³/mol. The van der Waals surface area contributed by atoms with Crippen LogP contribution < -0.4 is 10.6 Å². The van der Waals surface area contributed by atoms with E-state index in [4.69, 9.17) is 0 Å². The highest BCUT2D eigenvalue weighted by atomic mass is 16.2. The van der Waals surface area contributed by atoms with E-state index in [1.54, 1.807) is 24.3 Å². The minimum absolute atomic E-state index is 0.0613. The van der Waals surface area contributed by atoms with Gasteiger partial charge in [0.15, 0.2) is 0 Å². The number of hydrogen-bond donors (Lipinski definition) is 2. The highest BCUT2D eigenvalue weighted by molar-refractivity contribution is 5.99. The third-order valence-electron chi connectivity index (χ3n) is 5.93. The van der Waals surface area contributed by atoms with Crippen molar-refractivity contribution >= 4 is 17.7 Å². The van der Waals surface area contributed by atoms with E-state index in [1.165, 1.54) is 0 Å². The van der Waals surface area contributed by atoms with Gasteiger partial charge in [0.25, 0.3) is 11.8 Å². The Morgan fingerprint density at radius 3 is 2.17 bits per heavy atom. The lowest BCUT2D eigenvalue weighted by Gasteiger charge is -2.23. The minimum Gasteiger partial charge on any atom is -0.356 e. The van der Waals surface area contributed by atoms with Gasteiger partial charge in [-0.2, -0.15) is 0 Å². The number of carbonyl (C=O) groups excluding carboxylic acids is 3. The molecule has 195 valence electrons. The summed E-state index contributed by atoms with van der Waals surface area (Å²) in [7, 11) is 0. The molecule has 6 nitrogen and oxygen atoms in total. The quantitative estimate of drug-likeness (QED) is 0.394. The standard InChI is InChI=1S/C30H42N3O3/c1-6-16-33(17-7-2)30(36)26-15-11-14-25(20-26)29(35)32-27(19-24-12-9-8-10-13-24)18-23(5)28(34)31-21-22(3)4/h8-15,20,22-23,27H,5-7,16-19,21H2,1-4H3,(H,31,34)(H,32,35)/t23?,27-/m1/s1. The highest BCUT2D eigenvalue weighted by Crippen LogP contribution is 2.15. The molecule has 0 saturated carbocycles. The topological polar surface area (TPSA) is 78.5 Å². The number of hydrogen-bond acceptors (Lipinski definition) is 3. The van der Waals surface area contributed by atoms with Crippen molar-refractivity contribution in [3.05, 3.63) is 78.2 Å². The lowest BCUT2D eigenvalue weighted by atomic mass is 9.95. The first-order chi connectivity index (χ1) is 17.2. The molecule has 3 amide bonds. The lowest BCUT2D eigenvalue weighted by Crippen LogP contribution is -2.41. The fourth-order valence-electron chi connectivity index (χ4n) is 4.09. The van der Waals surface area contributed by atoms with Crippen LogP contribution >= 0.6 is 0 Å². The van der Waals surface area contributed by atoms with Crippen LogP contribution in [0.4, 0.5) is 0 Å². The van der Waals surface area contributed by atoms with Crippen LogP contribution in [0.15, 0.2) is 54.6 Å². The molecule has 2 aromatic rings. The van der Waals surface area contributed by atoms with Gasteiger partial charge in [0, 0.05) is 42.7 Å². The van der Waals surface area contributed by atoms with Gasteiger partial charge in [0.2, 0.25) is 5.91 Å². The van der Waals surface area contributed by atoms with E-state index in [9.17, 15) is 14.4 Å². The normalized spacial score (nSPS) is 12.6. The van der Waals surface area contributed by atoms with Crippen molar-refractivity contribution in [2.24, 2.45) is 11.8 Å². The Labute approximate surface area is 216 Å². The number of amides is 3. The maximum atomic E-state index is 13.3. The van der Waals surface area contributed by atoms with Gasteiger partial charge in [0.05, 0.1) is 0 Å². The average molecular weight is 493 g/mol. The summed E-state index contributed by atoms with van der Waals surface area (Å²) in [6.07, 6.45) is 2.74. The number of nitrogens with one attached hydrogen (secondary N) is 2. The molecule has 2 aromatic carbocycles. The Balaban J connectivity index is 2.17. The number of rotatable bonds is 14. The van der Waals surface area contributed by atoms with Gasteiger partial charge < -0.3 is 15.5 Å². The van der Waals surface area contributed by atoms with E-state index in [2.05, 4.69) is 17.6 Å². The molecule has 0 saturated heterocycles. The van der Waals surface area contributed by atoms with E-state index in [1.807, 2.05) is 62.9 Å². The van der Waals surface area contributed by atoms with E-state index in [-0.39, 0.29) is 23.8 Å². The summed E-state index contributed by atoms with van der Waals surface area (Å²) in [5.74, 6) is -0.592. The largest absolute Gasteiger partial charge is 0.356 e. The Hall–Kier alpha value is -3.15. The monoisotopic (exact) mass is 492 g/mol. The molecule has 1 unspecified atom stereocenters. The van der Waals surface area contributed by atoms with Crippen molar-refractivity contribution in [1.82, 2.24) is 15.5 Å². The first kappa shape index (κ1) is 29.1. The lowest BCUT2D eigenvalue weighted by molar-refractivity contribution is -0.124. The zero-order chi connectivity index (χ0) is 26.5. The Morgan fingerprint density at radius 1 is 0.917 bits per heavy atom. The molecule has 2 rings (SSSR count). The highest BCUT2D eigenvalue weighted by Gasteiger charge is 2.23. The second-order valence-electron chi connectivity index (χ2n) is 9.80.